The Morgan fingerprint density at radius 3 is 2.12 bits per heavy atom. The normalized spacial score (nSPS) is 11.2. The third-order valence-corrected chi connectivity index (χ3v) is 1.64. The van der Waals surface area contributed by atoms with Crippen LogP contribution in [0.4, 0.5) is 0 Å². The van der Waals surface area contributed by atoms with Gasteiger partial charge in [0, 0.05) is 5.57 Å². The highest BCUT2D eigenvalue weighted by molar-refractivity contribution is 5.90. The zero-order valence-electron chi connectivity index (χ0n) is 9.44. The largest absolute Gasteiger partial charge is 0.469 e. The maximum Gasteiger partial charge on any atom is 0.347 e. The average Bonchev–Trinajstić information content (AvgIpc) is 2.26. The molecule has 1 unspecified atom stereocenters. The predicted molar refractivity (Wildman–Crippen MR) is 53.3 cm³/mol. The molecule has 0 fully saturated rings. The van der Waals surface area contributed by atoms with E-state index in [1.165, 1.54) is 6.92 Å². The van der Waals surface area contributed by atoms with E-state index in [-0.39, 0.29) is 12.0 Å². The predicted octanol–water partition coefficient (Wildman–Crippen LogP) is 0.210. The fourth-order valence-electron chi connectivity index (χ4n) is 0.769. The van der Waals surface area contributed by atoms with Crippen molar-refractivity contribution in [3.63, 3.8) is 0 Å². The van der Waals surface area contributed by atoms with E-state index in [2.05, 4.69) is 16.1 Å². The monoisotopic (exact) mass is 230 g/mol. The zero-order valence-corrected chi connectivity index (χ0v) is 9.44. The van der Waals surface area contributed by atoms with E-state index >= 15 is 0 Å². The van der Waals surface area contributed by atoms with E-state index < -0.39 is 24.0 Å². The number of methoxy groups -OCH3 is 2. The van der Waals surface area contributed by atoms with Crippen molar-refractivity contribution < 1.29 is 28.6 Å². The number of esters is 3. The molecule has 0 bridgehead atoms. The topological polar surface area (TPSA) is 78.9 Å². The molecule has 0 saturated carbocycles. The van der Waals surface area contributed by atoms with Gasteiger partial charge in [-0.3, -0.25) is 4.79 Å². The SMILES string of the molecule is C=C(C)C(=O)OC(CC(=O)OC)C(=O)OC. The van der Waals surface area contributed by atoms with Gasteiger partial charge >= 0.3 is 17.9 Å². The van der Waals surface area contributed by atoms with Gasteiger partial charge in [0.15, 0.2) is 0 Å². The second-order valence-corrected chi connectivity index (χ2v) is 2.98. The Morgan fingerprint density at radius 2 is 1.75 bits per heavy atom. The molecule has 90 valence electrons. The van der Waals surface area contributed by atoms with Gasteiger partial charge < -0.3 is 14.2 Å². The maximum absolute atomic E-state index is 11.2. The number of ether oxygens (including phenoxy) is 3. The van der Waals surface area contributed by atoms with Crippen molar-refractivity contribution in [3.8, 4) is 0 Å². The fraction of sp³-hybridized carbons (Fsp3) is 0.500. The lowest BCUT2D eigenvalue weighted by Crippen LogP contribution is -2.31. The van der Waals surface area contributed by atoms with Crippen molar-refractivity contribution in [1.29, 1.82) is 0 Å². The second kappa shape index (κ2) is 6.60. The van der Waals surface area contributed by atoms with Crippen LogP contribution in [0.25, 0.3) is 0 Å². The molecule has 0 aliphatic carbocycles. The molecule has 0 aliphatic heterocycles. The molecule has 0 saturated heterocycles. The first kappa shape index (κ1) is 14.2. The van der Waals surface area contributed by atoms with Gasteiger partial charge in [0.2, 0.25) is 6.10 Å². The minimum atomic E-state index is -1.30. The molecule has 6 nitrogen and oxygen atoms in total. The lowest BCUT2D eigenvalue weighted by molar-refractivity contribution is -0.167. The number of carbonyl (C=O) groups is 3. The highest BCUT2D eigenvalue weighted by Gasteiger charge is 2.27. The summed E-state index contributed by atoms with van der Waals surface area (Å²) in [6.07, 6.45) is -1.69. The van der Waals surface area contributed by atoms with Gasteiger partial charge in [-0.05, 0) is 6.92 Å². The Bertz CT molecular complexity index is 306. The summed E-state index contributed by atoms with van der Waals surface area (Å²) in [6, 6.07) is 0. The molecule has 0 aromatic heterocycles. The maximum atomic E-state index is 11.2. The summed E-state index contributed by atoms with van der Waals surface area (Å²) in [5, 5.41) is 0. The van der Waals surface area contributed by atoms with Crippen molar-refractivity contribution in [2.75, 3.05) is 14.2 Å². The second-order valence-electron chi connectivity index (χ2n) is 2.98. The standard InChI is InChI=1S/C10H14O6/c1-6(2)9(12)16-7(10(13)15-4)5-8(11)14-3/h7H,1,5H2,2-4H3. The molecule has 0 spiro atoms. The van der Waals surface area contributed by atoms with Crippen LogP contribution in [0.5, 0.6) is 0 Å². The summed E-state index contributed by atoms with van der Waals surface area (Å²) in [4.78, 5) is 33.3. The van der Waals surface area contributed by atoms with Crippen LogP contribution >= 0.6 is 0 Å². The van der Waals surface area contributed by atoms with Gasteiger partial charge in [-0.25, -0.2) is 9.59 Å². The fourth-order valence-corrected chi connectivity index (χ4v) is 0.769. The van der Waals surface area contributed by atoms with E-state index in [1.807, 2.05) is 0 Å². The van der Waals surface area contributed by atoms with E-state index in [9.17, 15) is 14.4 Å². The molecule has 0 rings (SSSR count). The van der Waals surface area contributed by atoms with Crippen LogP contribution in [-0.4, -0.2) is 38.2 Å². The van der Waals surface area contributed by atoms with Gasteiger partial charge in [0.25, 0.3) is 0 Å². The quantitative estimate of drug-likeness (QED) is 0.381. The number of hydrogen-bond donors (Lipinski definition) is 0. The third kappa shape index (κ3) is 4.59. The Balaban J connectivity index is 4.55. The molecule has 16 heavy (non-hydrogen) atoms. The van der Waals surface area contributed by atoms with Gasteiger partial charge in [0.05, 0.1) is 20.6 Å². The van der Waals surface area contributed by atoms with Gasteiger partial charge in [-0.1, -0.05) is 6.58 Å². The molecule has 0 amide bonds. The molecule has 0 aromatic carbocycles. The Kier molecular flexibility index (Phi) is 5.84. The summed E-state index contributed by atoms with van der Waals surface area (Å²) in [6.45, 7) is 4.78. The minimum Gasteiger partial charge on any atom is -0.469 e. The van der Waals surface area contributed by atoms with E-state index in [4.69, 9.17) is 4.74 Å². The van der Waals surface area contributed by atoms with Crippen LogP contribution in [0.15, 0.2) is 12.2 Å². The lowest BCUT2D eigenvalue weighted by Gasteiger charge is -2.14. The van der Waals surface area contributed by atoms with Crippen LogP contribution in [0.3, 0.4) is 0 Å². The van der Waals surface area contributed by atoms with Gasteiger partial charge in [-0.2, -0.15) is 0 Å². The van der Waals surface area contributed by atoms with Crippen LogP contribution in [-0.2, 0) is 28.6 Å². The molecule has 0 N–H and O–H groups in total. The Labute approximate surface area is 93.2 Å². The van der Waals surface area contributed by atoms with Crippen LogP contribution in [0, 0.1) is 0 Å². The third-order valence-electron chi connectivity index (χ3n) is 1.64. The molecule has 1 atom stereocenters. The smallest absolute Gasteiger partial charge is 0.347 e. The average molecular weight is 230 g/mol. The van der Waals surface area contributed by atoms with Crippen molar-refractivity contribution in [2.24, 2.45) is 0 Å². The minimum absolute atomic E-state index is 0.124. The highest BCUT2D eigenvalue weighted by atomic mass is 16.6. The molecule has 6 heteroatoms. The van der Waals surface area contributed by atoms with Crippen molar-refractivity contribution in [1.82, 2.24) is 0 Å². The van der Waals surface area contributed by atoms with Gasteiger partial charge in [-0.15, -0.1) is 0 Å². The number of hydrogen-bond acceptors (Lipinski definition) is 6. The van der Waals surface area contributed by atoms with Gasteiger partial charge in [0.1, 0.15) is 0 Å². The molecule has 0 aliphatic rings. The summed E-state index contributed by atoms with van der Waals surface area (Å²) in [7, 11) is 2.29. The lowest BCUT2D eigenvalue weighted by atomic mass is 10.2. The van der Waals surface area contributed by atoms with Crippen LogP contribution in [0.2, 0.25) is 0 Å². The summed E-state index contributed by atoms with van der Waals surface area (Å²) >= 11 is 0. The van der Waals surface area contributed by atoms with Crippen molar-refractivity contribution in [3.05, 3.63) is 12.2 Å². The molecule has 0 aromatic rings. The summed E-state index contributed by atoms with van der Waals surface area (Å²) < 4.78 is 13.5. The zero-order chi connectivity index (χ0) is 12.7. The Morgan fingerprint density at radius 1 is 1.19 bits per heavy atom. The van der Waals surface area contributed by atoms with Crippen molar-refractivity contribution >= 4 is 17.9 Å². The molecule has 0 heterocycles. The first-order valence-electron chi connectivity index (χ1n) is 4.43. The van der Waals surface area contributed by atoms with Crippen LogP contribution in [0.1, 0.15) is 13.3 Å². The first-order chi connectivity index (χ1) is 7.42. The van der Waals surface area contributed by atoms with E-state index in [0.29, 0.717) is 0 Å². The van der Waals surface area contributed by atoms with Crippen LogP contribution < -0.4 is 0 Å². The number of carbonyl (C=O) groups excluding carboxylic acids is 3. The Hall–Kier alpha value is -1.85. The summed E-state index contributed by atoms with van der Waals surface area (Å²) in [5.74, 6) is -2.26. The highest BCUT2D eigenvalue weighted by Crippen LogP contribution is 2.06. The van der Waals surface area contributed by atoms with E-state index in [1.54, 1.807) is 0 Å². The summed E-state index contributed by atoms with van der Waals surface area (Å²) in [5.41, 5.74) is 0.124. The molecular weight excluding hydrogens is 216 g/mol. The molecular formula is C10H14O6. The van der Waals surface area contributed by atoms with E-state index in [0.717, 1.165) is 14.2 Å². The number of rotatable bonds is 5. The first-order valence-corrected chi connectivity index (χ1v) is 4.43. The van der Waals surface area contributed by atoms with Crippen molar-refractivity contribution in [2.45, 2.75) is 19.4 Å². The molecule has 0 radical (unpaired) electrons.